The largest absolute Gasteiger partial charge is 0.354 e. The maximum absolute atomic E-state index is 14.4. The van der Waals surface area contributed by atoms with Crippen molar-refractivity contribution in [2.45, 2.75) is 45.7 Å². The standard InChI is InChI=1S/C24H31F2N3O4S/c1-4-6-15-27-24(31)21(5-2)28(16-18-11-13-19(25)14-12-18)23(30)17-29(34(3,32)33)22-10-8-7-9-20(22)26/h7-14,21H,4-6,15-17H2,1-3H3,(H,27,31). The highest BCUT2D eigenvalue weighted by atomic mass is 32.2. The Morgan fingerprint density at radius 1 is 1.03 bits per heavy atom. The maximum Gasteiger partial charge on any atom is 0.244 e. The number of carbonyl (C=O) groups is 2. The van der Waals surface area contributed by atoms with Crippen molar-refractivity contribution in [2.75, 3.05) is 23.7 Å². The molecule has 0 saturated carbocycles. The number of para-hydroxylation sites is 1. The molecule has 1 N–H and O–H groups in total. The lowest BCUT2D eigenvalue weighted by molar-refractivity contribution is -0.140. The summed E-state index contributed by atoms with van der Waals surface area (Å²) in [6, 6.07) is 9.81. The molecule has 0 heterocycles. The normalized spacial score (nSPS) is 12.1. The van der Waals surface area contributed by atoms with Crippen LogP contribution < -0.4 is 9.62 Å². The van der Waals surface area contributed by atoms with E-state index in [-0.39, 0.29) is 24.6 Å². The summed E-state index contributed by atoms with van der Waals surface area (Å²) in [6.45, 7) is 3.42. The average Bonchev–Trinajstić information content (AvgIpc) is 2.78. The molecular weight excluding hydrogens is 464 g/mol. The molecular formula is C24H31F2N3O4S. The first-order chi connectivity index (χ1) is 16.1. The van der Waals surface area contributed by atoms with Gasteiger partial charge in [-0.1, -0.05) is 44.5 Å². The Kier molecular flexibility index (Phi) is 9.97. The first-order valence-corrected chi connectivity index (χ1v) is 13.0. The Morgan fingerprint density at radius 2 is 1.68 bits per heavy atom. The van der Waals surface area contributed by atoms with E-state index in [1.54, 1.807) is 6.92 Å². The molecule has 1 atom stereocenters. The topological polar surface area (TPSA) is 86.8 Å². The van der Waals surface area contributed by atoms with Crippen molar-refractivity contribution in [3.05, 3.63) is 65.7 Å². The van der Waals surface area contributed by atoms with Crippen LogP contribution in [0.15, 0.2) is 48.5 Å². The van der Waals surface area contributed by atoms with Gasteiger partial charge in [-0.3, -0.25) is 13.9 Å². The number of nitrogens with zero attached hydrogens (tertiary/aromatic N) is 2. The molecule has 2 amide bonds. The van der Waals surface area contributed by atoms with Crippen LogP contribution in [-0.2, 0) is 26.2 Å². The van der Waals surface area contributed by atoms with E-state index in [1.807, 2.05) is 6.92 Å². The van der Waals surface area contributed by atoms with Crippen LogP contribution >= 0.6 is 0 Å². The van der Waals surface area contributed by atoms with Gasteiger partial charge in [0, 0.05) is 13.1 Å². The fourth-order valence-corrected chi connectivity index (χ4v) is 4.31. The fourth-order valence-electron chi connectivity index (χ4n) is 3.46. The number of halogens is 2. The minimum absolute atomic E-state index is 0.0479. The predicted molar refractivity (Wildman–Crippen MR) is 128 cm³/mol. The molecule has 34 heavy (non-hydrogen) atoms. The zero-order valence-electron chi connectivity index (χ0n) is 19.6. The van der Waals surface area contributed by atoms with Crippen molar-refractivity contribution in [1.82, 2.24) is 10.2 Å². The first-order valence-electron chi connectivity index (χ1n) is 11.1. The monoisotopic (exact) mass is 495 g/mol. The quantitative estimate of drug-likeness (QED) is 0.457. The molecule has 2 rings (SSSR count). The van der Waals surface area contributed by atoms with Crippen molar-refractivity contribution in [1.29, 1.82) is 0 Å². The zero-order valence-corrected chi connectivity index (χ0v) is 20.4. The van der Waals surface area contributed by atoms with Gasteiger partial charge in [-0.05, 0) is 42.7 Å². The smallest absolute Gasteiger partial charge is 0.244 e. The van der Waals surface area contributed by atoms with Crippen LogP contribution in [0.4, 0.5) is 14.5 Å². The minimum atomic E-state index is -4.02. The molecule has 0 aliphatic carbocycles. The number of hydrogen-bond acceptors (Lipinski definition) is 4. The van der Waals surface area contributed by atoms with Crippen molar-refractivity contribution in [2.24, 2.45) is 0 Å². The van der Waals surface area contributed by atoms with Crippen LogP contribution in [-0.4, -0.2) is 50.5 Å². The second kappa shape index (κ2) is 12.5. The van der Waals surface area contributed by atoms with Gasteiger partial charge in [0.1, 0.15) is 24.2 Å². The van der Waals surface area contributed by atoms with E-state index in [1.165, 1.54) is 47.4 Å². The van der Waals surface area contributed by atoms with Gasteiger partial charge in [-0.25, -0.2) is 17.2 Å². The van der Waals surface area contributed by atoms with E-state index in [9.17, 15) is 26.8 Å². The summed E-state index contributed by atoms with van der Waals surface area (Å²) < 4.78 is 53.4. The third-order valence-electron chi connectivity index (χ3n) is 5.28. The third kappa shape index (κ3) is 7.51. The van der Waals surface area contributed by atoms with E-state index in [0.29, 0.717) is 16.4 Å². The van der Waals surface area contributed by atoms with Gasteiger partial charge >= 0.3 is 0 Å². The molecule has 0 aromatic heterocycles. The number of sulfonamides is 1. The summed E-state index contributed by atoms with van der Waals surface area (Å²) in [5.74, 6) is -2.30. The Balaban J connectivity index is 2.40. The zero-order chi connectivity index (χ0) is 25.3. The lowest BCUT2D eigenvalue weighted by atomic mass is 10.1. The highest BCUT2D eigenvalue weighted by Gasteiger charge is 2.32. The van der Waals surface area contributed by atoms with Crippen LogP contribution in [0, 0.1) is 11.6 Å². The summed E-state index contributed by atoms with van der Waals surface area (Å²) in [5.41, 5.74) is 0.298. The van der Waals surface area contributed by atoms with E-state index in [2.05, 4.69) is 5.32 Å². The van der Waals surface area contributed by atoms with Gasteiger partial charge in [-0.2, -0.15) is 0 Å². The molecule has 0 aliphatic rings. The lowest BCUT2D eigenvalue weighted by Crippen LogP contribution is -2.52. The third-order valence-corrected chi connectivity index (χ3v) is 6.41. The molecule has 186 valence electrons. The fraction of sp³-hybridized carbons (Fsp3) is 0.417. The number of benzene rings is 2. The second-order valence-corrected chi connectivity index (χ2v) is 9.84. The van der Waals surface area contributed by atoms with Gasteiger partial charge in [0.2, 0.25) is 21.8 Å². The summed E-state index contributed by atoms with van der Waals surface area (Å²) >= 11 is 0. The van der Waals surface area contributed by atoms with Crippen molar-refractivity contribution in [3.63, 3.8) is 0 Å². The molecule has 0 aliphatic heterocycles. The van der Waals surface area contributed by atoms with Crippen LogP contribution in [0.1, 0.15) is 38.7 Å². The number of unbranched alkanes of at least 4 members (excludes halogenated alkanes) is 1. The number of carbonyl (C=O) groups excluding carboxylic acids is 2. The van der Waals surface area contributed by atoms with Crippen LogP contribution in [0.25, 0.3) is 0 Å². The lowest BCUT2D eigenvalue weighted by Gasteiger charge is -2.33. The Morgan fingerprint density at radius 3 is 2.24 bits per heavy atom. The molecule has 0 spiro atoms. The Bertz CT molecular complexity index is 1080. The predicted octanol–water partition coefficient (Wildman–Crippen LogP) is 3.45. The highest BCUT2D eigenvalue weighted by Crippen LogP contribution is 2.22. The SMILES string of the molecule is CCCCNC(=O)C(CC)N(Cc1ccc(F)cc1)C(=O)CN(c1ccccc1F)S(C)(=O)=O. The Hall–Kier alpha value is -3.01. The highest BCUT2D eigenvalue weighted by molar-refractivity contribution is 7.92. The van der Waals surface area contributed by atoms with Crippen LogP contribution in [0.5, 0.6) is 0 Å². The average molecular weight is 496 g/mol. The van der Waals surface area contributed by atoms with E-state index in [4.69, 9.17) is 0 Å². The number of anilines is 1. The van der Waals surface area contributed by atoms with Crippen molar-refractivity contribution >= 4 is 27.5 Å². The molecule has 10 heteroatoms. The van der Waals surface area contributed by atoms with E-state index < -0.39 is 40.2 Å². The van der Waals surface area contributed by atoms with Gasteiger partial charge in [0.25, 0.3) is 0 Å². The Labute approximate surface area is 199 Å². The van der Waals surface area contributed by atoms with Gasteiger partial charge in [0.05, 0.1) is 11.9 Å². The summed E-state index contributed by atoms with van der Waals surface area (Å²) in [6.07, 6.45) is 2.79. The maximum atomic E-state index is 14.4. The number of hydrogen-bond donors (Lipinski definition) is 1. The number of rotatable bonds is 12. The van der Waals surface area contributed by atoms with Crippen molar-refractivity contribution in [3.8, 4) is 0 Å². The molecule has 0 saturated heterocycles. The minimum Gasteiger partial charge on any atom is -0.354 e. The summed E-state index contributed by atoms with van der Waals surface area (Å²) in [4.78, 5) is 27.6. The van der Waals surface area contributed by atoms with Crippen LogP contribution in [0.2, 0.25) is 0 Å². The van der Waals surface area contributed by atoms with Gasteiger partial charge < -0.3 is 10.2 Å². The van der Waals surface area contributed by atoms with E-state index in [0.717, 1.165) is 25.2 Å². The van der Waals surface area contributed by atoms with Crippen molar-refractivity contribution < 1.29 is 26.8 Å². The summed E-state index contributed by atoms with van der Waals surface area (Å²) in [7, 11) is -4.02. The summed E-state index contributed by atoms with van der Waals surface area (Å²) in [5, 5.41) is 2.80. The number of nitrogens with one attached hydrogen (secondary N) is 1. The molecule has 0 fully saturated rings. The molecule has 2 aromatic carbocycles. The van der Waals surface area contributed by atoms with Crippen LogP contribution in [0.3, 0.4) is 0 Å². The first kappa shape index (κ1) is 27.2. The molecule has 2 aromatic rings. The van der Waals surface area contributed by atoms with Gasteiger partial charge in [-0.15, -0.1) is 0 Å². The second-order valence-electron chi connectivity index (χ2n) is 7.94. The van der Waals surface area contributed by atoms with Gasteiger partial charge in [0.15, 0.2) is 0 Å². The molecule has 0 bridgehead atoms. The molecule has 0 radical (unpaired) electrons. The molecule has 7 nitrogen and oxygen atoms in total. The number of amides is 2. The van der Waals surface area contributed by atoms with E-state index >= 15 is 0 Å². The molecule has 1 unspecified atom stereocenters.